The first-order chi connectivity index (χ1) is 18.0. The molecule has 1 amide bonds. The van der Waals surface area contributed by atoms with Gasteiger partial charge in [-0.1, -0.05) is 11.8 Å². The van der Waals surface area contributed by atoms with E-state index in [2.05, 4.69) is 44.1 Å². The van der Waals surface area contributed by atoms with Gasteiger partial charge in [-0.15, -0.1) is 0 Å². The van der Waals surface area contributed by atoms with E-state index in [1.165, 1.54) is 11.8 Å². The zero-order valence-electron chi connectivity index (χ0n) is 20.5. The van der Waals surface area contributed by atoms with Gasteiger partial charge in [0, 0.05) is 53.3 Å². The van der Waals surface area contributed by atoms with Crippen LogP contribution in [0.25, 0.3) is 22.2 Å². The molecule has 0 aromatic carbocycles. The van der Waals surface area contributed by atoms with Crippen LogP contribution in [0.4, 0.5) is 0 Å². The smallest absolute Gasteiger partial charge is 0.217 e. The lowest BCUT2D eigenvalue weighted by Gasteiger charge is -2.29. The van der Waals surface area contributed by atoms with Crippen molar-refractivity contribution in [1.29, 1.82) is 5.26 Å². The third-order valence-corrected chi connectivity index (χ3v) is 8.05. The molecule has 1 N–H and O–H groups in total. The van der Waals surface area contributed by atoms with Crippen LogP contribution in [0.15, 0.2) is 59.5 Å². The monoisotopic (exact) mass is 511 g/mol. The highest BCUT2D eigenvalue weighted by Gasteiger charge is 2.25. The Kier molecular flexibility index (Phi) is 5.88. The Morgan fingerprint density at radius 3 is 2.81 bits per heavy atom. The van der Waals surface area contributed by atoms with E-state index in [4.69, 9.17) is 5.10 Å². The van der Waals surface area contributed by atoms with E-state index in [1.54, 1.807) is 36.4 Å². The first-order valence-electron chi connectivity index (χ1n) is 12.2. The van der Waals surface area contributed by atoms with Crippen LogP contribution in [0.3, 0.4) is 0 Å². The third kappa shape index (κ3) is 4.23. The van der Waals surface area contributed by atoms with E-state index >= 15 is 0 Å². The molecule has 11 heteroatoms. The molecular weight excluding hydrogens is 486 g/mol. The Labute approximate surface area is 217 Å². The fourth-order valence-electron chi connectivity index (χ4n) is 5.23. The molecule has 1 aliphatic rings. The number of imidazole rings is 1. The second kappa shape index (κ2) is 9.37. The molecule has 10 nitrogen and oxygen atoms in total. The molecule has 37 heavy (non-hydrogen) atoms. The Morgan fingerprint density at radius 1 is 1.19 bits per heavy atom. The second-order valence-electron chi connectivity index (χ2n) is 9.37. The Bertz CT molecular complexity index is 1670. The summed E-state index contributed by atoms with van der Waals surface area (Å²) in [5.74, 6) is 0.0305. The topological polar surface area (TPSA) is 118 Å². The lowest BCUT2D eigenvalue weighted by atomic mass is 9.91. The van der Waals surface area contributed by atoms with Crippen molar-refractivity contribution in [2.75, 3.05) is 0 Å². The minimum absolute atomic E-state index is 0.0305. The molecule has 0 aliphatic heterocycles. The van der Waals surface area contributed by atoms with Crippen LogP contribution in [0.5, 0.6) is 0 Å². The minimum Gasteiger partial charge on any atom is -0.354 e. The number of aromatic nitrogens is 7. The summed E-state index contributed by atoms with van der Waals surface area (Å²) >= 11 is 1.49. The molecule has 0 atom stereocenters. The zero-order chi connectivity index (χ0) is 25.5. The maximum absolute atomic E-state index is 11.4. The molecule has 186 valence electrons. The molecule has 1 saturated carbocycles. The molecule has 6 rings (SSSR count). The van der Waals surface area contributed by atoms with Crippen LogP contribution in [-0.4, -0.2) is 45.7 Å². The highest BCUT2D eigenvalue weighted by molar-refractivity contribution is 7.99. The SMILES string of the molecule is CC(=O)NC1CCC(n2ncc(-c3cc(Sc4nccn5cncc45)c4c(C#N)cnn4c3)c2C)CC1. The van der Waals surface area contributed by atoms with Gasteiger partial charge in [-0.3, -0.25) is 9.48 Å². The van der Waals surface area contributed by atoms with Gasteiger partial charge < -0.3 is 9.72 Å². The number of nitrogens with one attached hydrogen (secondary N) is 1. The average molecular weight is 512 g/mol. The molecule has 0 saturated heterocycles. The van der Waals surface area contributed by atoms with Crippen LogP contribution in [0.1, 0.15) is 49.9 Å². The zero-order valence-corrected chi connectivity index (χ0v) is 21.3. The Morgan fingerprint density at radius 2 is 2.03 bits per heavy atom. The number of carbonyl (C=O) groups is 1. The predicted molar refractivity (Wildman–Crippen MR) is 138 cm³/mol. The summed E-state index contributed by atoms with van der Waals surface area (Å²) in [6.07, 6.45) is 16.4. The maximum Gasteiger partial charge on any atom is 0.217 e. The molecule has 5 heterocycles. The number of amides is 1. The van der Waals surface area contributed by atoms with Crippen molar-refractivity contribution in [2.45, 2.75) is 61.5 Å². The van der Waals surface area contributed by atoms with Crippen molar-refractivity contribution in [3.63, 3.8) is 0 Å². The Hall–Kier alpha value is -4.17. The molecule has 0 unspecified atom stereocenters. The van der Waals surface area contributed by atoms with E-state index in [9.17, 15) is 10.1 Å². The summed E-state index contributed by atoms with van der Waals surface area (Å²) in [4.78, 5) is 21.1. The summed E-state index contributed by atoms with van der Waals surface area (Å²) in [7, 11) is 0. The van der Waals surface area contributed by atoms with E-state index in [-0.39, 0.29) is 11.9 Å². The van der Waals surface area contributed by atoms with Gasteiger partial charge in [0.25, 0.3) is 0 Å². The average Bonchev–Trinajstić information content (AvgIpc) is 3.62. The van der Waals surface area contributed by atoms with Gasteiger partial charge in [0.15, 0.2) is 0 Å². The van der Waals surface area contributed by atoms with Crippen LogP contribution in [0.2, 0.25) is 0 Å². The lowest BCUT2D eigenvalue weighted by molar-refractivity contribution is -0.119. The molecule has 1 aliphatic carbocycles. The number of nitriles is 1. The summed E-state index contributed by atoms with van der Waals surface area (Å²) < 4.78 is 5.81. The molecular formula is C26H25N9OS. The van der Waals surface area contributed by atoms with Gasteiger partial charge in [-0.25, -0.2) is 14.5 Å². The first kappa shape index (κ1) is 23.2. The lowest BCUT2D eigenvalue weighted by Crippen LogP contribution is -2.36. The van der Waals surface area contributed by atoms with Crippen molar-refractivity contribution in [3.05, 3.63) is 60.8 Å². The van der Waals surface area contributed by atoms with Crippen LogP contribution < -0.4 is 5.32 Å². The molecule has 5 aromatic heterocycles. The number of hydrogen-bond donors (Lipinski definition) is 1. The number of rotatable bonds is 5. The summed E-state index contributed by atoms with van der Waals surface area (Å²) in [5.41, 5.74) is 5.24. The van der Waals surface area contributed by atoms with E-state index < -0.39 is 0 Å². The van der Waals surface area contributed by atoms with Gasteiger partial charge in [0.2, 0.25) is 5.91 Å². The highest BCUT2D eigenvalue weighted by Crippen LogP contribution is 2.38. The third-order valence-electron chi connectivity index (χ3n) is 7.01. The van der Waals surface area contributed by atoms with Gasteiger partial charge in [-0.2, -0.15) is 15.5 Å². The molecule has 5 aromatic rings. The maximum atomic E-state index is 11.4. The van der Waals surface area contributed by atoms with Crippen LogP contribution >= 0.6 is 11.8 Å². The van der Waals surface area contributed by atoms with Gasteiger partial charge in [-0.05, 0) is 38.7 Å². The summed E-state index contributed by atoms with van der Waals surface area (Å²) in [6, 6.07) is 4.90. The fraction of sp³-hybridized carbons (Fsp3) is 0.308. The van der Waals surface area contributed by atoms with Crippen LogP contribution in [-0.2, 0) is 4.79 Å². The molecule has 0 bridgehead atoms. The normalized spacial score (nSPS) is 17.8. The van der Waals surface area contributed by atoms with Crippen LogP contribution in [0, 0.1) is 18.3 Å². The Balaban J connectivity index is 1.36. The van der Waals surface area contributed by atoms with Crippen molar-refractivity contribution in [1.82, 2.24) is 39.1 Å². The number of carbonyl (C=O) groups excluding carboxylic acids is 1. The van der Waals surface area contributed by atoms with E-state index in [1.807, 2.05) is 23.0 Å². The number of fused-ring (bicyclic) bond motifs is 2. The largest absolute Gasteiger partial charge is 0.354 e. The molecule has 1 fully saturated rings. The quantitative estimate of drug-likeness (QED) is 0.376. The van der Waals surface area contributed by atoms with E-state index in [0.29, 0.717) is 11.6 Å². The fourth-order valence-corrected chi connectivity index (χ4v) is 6.30. The number of pyridine rings is 1. The number of nitrogens with zero attached hydrogens (tertiary/aromatic N) is 8. The summed E-state index contributed by atoms with van der Waals surface area (Å²) in [6.45, 7) is 3.67. The van der Waals surface area contributed by atoms with Crippen molar-refractivity contribution < 1.29 is 4.79 Å². The first-order valence-corrected chi connectivity index (χ1v) is 13.0. The van der Waals surface area contributed by atoms with Crippen molar-refractivity contribution in [2.24, 2.45) is 0 Å². The summed E-state index contributed by atoms with van der Waals surface area (Å²) in [5, 5.41) is 22.8. The second-order valence-corrected chi connectivity index (χ2v) is 10.4. The molecule has 0 radical (unpaired) electrons. The van der Waals surface area contributed by atoms with Gasteiger partial charge in [0.1, 0.15) is 11.1 Å². The van der Waals surface area contributed by atoms with Gasteiger partial charge in [0.05, 0.1) is 47.6 Å². The van der Waals surface area contributed by atoms with Crippen molar-refractivity contribution in [3.8, 4) is 17.2 Å². The molecule has 0 spiro atoms. The van der Waals surface area contributed by atoms with Gasteiger partial charge >= 0.3 is 0 Å². The minimum atomic E-state index is 0.0305. The van der Waals surface area contributed by atoms with Crippen molar-refractivity contribution >= 4 is 28.7 Å². The predicted octanol–water partition coefficient (Wildman–Crippen LogP) is 4.19. The standard InChI is InChI=1S/C26H25N9OS/c1-16-22(12-31-35(16)21-5-3-20(4-6-21)32-17(2)36)18-9-24(25-19(10-27)11-30-34(25)14-18)37-26-23-13-28-15-33(23)8-7-29-26/h7-9,11-15,20-21H,3-6H2,1-2H3,(H,32,36). The number of hydrogen-bond acceptors (Lipinski definition) is 7. The van der Waals surface area contributed by atoms with E-state index in [0.717, 1.165) is 63.5 Å². The highest BCUT2D eigenvalue weighted by atomic mass is 32.2.